The molecule has 2 aliphatic heterocycles. The van der Waals surface area contributed by atoms with E-state index in [4.69, 9.17) is 0 Å². The second-order valence-corrected chi connectivity index (χ2v) is 8.49. The molecule has 2 fully saturated rings. The van der Waals surface area contributed by atoms with E-state index in [9.17, 15) is 9.59 Å². The zero-order chi connectivity index (χ0) is 17.4. The fourth-order valence-electron chi connectivity index (χ4n) is 4.51. The summed E-state index contributed by atoms with van der Waals surface area (Å²) in [6, 6.07) is 2.08. The van der Waals surface area contributed by atoms with E-state index in [1.165, 1.54) is 29.8 Å². The van der Waals surface area contributed by atoms with Crippen LogP contribution in [-0.4, -0.2) is 41.2 Å². The Hall–Kier alpha value is -1.62. The van der Waals surface area contributed by atoms with E-state index in [2.05, 4.69) is 12.1 Å². The Balaban J connectivity index is 1.49. The fraction of sp³-hybridized carbons (Fsp3) is 0.600. The van der Waals surface area contributed by atoms with Gasteiger partial charge in [0.25, 0.3) is 5.91 Å². The van der Waals surface area contributed by atoms with Gasteiger partial charge < -0.3 is 9.80 Å². The second-order valence-electron chi connectivity index (χ2n) is 7.54. The first-order valence-electron chi connectivity index (χ1n) is 9.49. The van der Waals surface area contributed by atoms with Gasteiger partial charge in [-0.3, -0.25) is 9.59 Å². The molecule has 0 N–H and O–H groups in total. The Labute approximate surface area is 153 Å². The molecular weight excluding hydrogens is 332 g/mol. The number of hydrogen-bond acceptors (Lipinski definition) is 3. The number of amides is 2. The first-order chi connectivity index (χ1) is 12.1. The van der Waals surface area contributed by atoms with Crippen molar-refractivity contribution >= 4 is 23.2 Å². The van der Waals surface area contributed by atoms with Crippen molar-refractivity contribution in [1.82, 2.24) is 9.80 Å². The monoisotopic (exact) mass is 358 g/mol. The number of fused-ring (bicyclic) bond motifs is 1. The van der Waals surface area contributed by atoms with Crippen LogP contribution >= 0.6 is 11.3 Å². The summed E-state index contributed by atoms with van der Waals surface area (Å²) in [6.45, 7) is 4.12. The summed E-state index contributed by atoms with van der Waals surface area (Å²) < 4.78 is 0. The summed E-state index contributed by atoms with van der Waals surface area (Å²) in [5.41, 5.74) is 2.10. The number of carbonyl (C=O) groups excluding carboxylic acids is 2. The van der Waals surface area contributed by atoms with Crippen molar-refractivity contribution < 1.29 is 9.59 Å². The molecule has 2 amide bonds. The molecule has 0 bridgehead atoms. The molecule has 0 saturated carbocycles. The van der Waals surface area contributed by atoms with E-state index in [-0.39, 0.29) is 11.8 Å². The number of hydrogen-bond donors (Lipinski definition) is 0. The highest BCUT2D eigenvalue weighted by Crippen LogP contribution is 2.37. The second kappa shape index (κ2) is 6.94. The SMILES string of the molecule is CC(=O)N1CCC(c2cc(C(=O)N3CCCC4CCCC=C43)cs2)C1. The van der Waals surface area contributed by atoms with E-state index in [1.807, 2.05) is 15.2 Å². The summed E-state index contributed by atoms with van der Waals surface area (Å²) >= 11 is 1.68. The molecule has 0 radical (unpaired) electrons. The molecule has 2 unspecified atom stereocenters. The highest BCUT2D eigenvalue weighted by atomic mass is 32.1. The molecule has 2 saturated heterocycles. The van der Waals surface area contributed by atoms with E-state index >= 15 is 0 Å². The highest BCUT2D eigenvalue weighted by molar-refractivity contribution is 7.10. The van der Waals surface area contributed by atoms with Crippen LogP contribution in [-0.2, 0) is 4.79 Å². The molecule has 3 heterocycles. The van der Waals surface area contributed by atoms with E-state index in [0.717, 1.165) is 44.5 Å². The van der Waals surface area contributed by atoms with E-state index in [0.29, 0.717) is 11.8 Å². The molecule has 0 aromatic carbocycles. The minimum Gasteiger partial charge on any atom is -0.342 e. The zero-order valence-corrected chi connectivity index (χ0v) is 15.7. The van der Waals surface area contributed by atoms with Crippen LogP contribution in [0.15, 0.2) is 23.2 Å². The van der Waals surface area contributed by atoms with Gasteiger partial charge in [-0.05, 0) is 50.5 Å². The lowest BCUT2D eigenvalue weighted by molar-refractivity contribution is -0.127. The van der Waals surface area contributed by atoms with Crippen LogP contribution in [0, 0.1) is 5.92 Å². The molecule has 1 aliphatic carbocycles. The lowest BCUT2D eigenvalue weighted by atomic mass is 9.84. The molecule has 134 valence electrons. The van der Waals surface area contributed by atoms with Crippen LogP contribution in [0.25, 0.3) is 0 Å². The number of nitrogens with zero attached hydrogens (tertiary/aromatic N) is 2. The van der Waals surface area contributed by atoms with Gasteiger partial charge in [0, 0.05) is 48.4 Å². The maximum atomic E-state index is 13.1. The highest BCUT2D eigenvalue weighted by Gasteiger charge is 2.32. The fourth-order valence-corrected chi connectivity index (χ4v) is 5.52. The first kappa shape index (κ1) is 16.8. The van der Waals surface area contributed by atoms with Gasteiger partial charge in [0.1, 0.15) is 0 Å². The smallest absolute Gasteiger partial charge is 0.258 e. The Morgan fingerprint density at radius 3 is 2.76 bits per heavy atom. The molecule has 4 rings (SSSR count). The molecule has 4 nitrogen and oxygen atoms in total. The molecule has 0 spiro atoms. The summed E-state index contributed by atoms with van der Waals surface area (Å²) in [7, 11) is 0. The van der Waals surface area contributed by atoms with Crippen LogP contribution in [0.5, 0.6) is 0 Å². The number of allylic oxidation sites excluding steroid dienone is 2. The first-order valence-corrected chi connectivity index (χ1v) is 10.4. The third kappa shape index (κ3) is 3.26. The normalized spacial score (nSPS) is 26.4. The van der Waals surface area contributed by atoms with E-state index < -0.39 is 0 Å². The van der Waals surface area contributed by atoms with Crippen molar-refractivity contribution in [3.8, 4) is 0 Å². The third-order valence-electron chi connectivity index (χ3n) is 5.92. The Morgan fingerprint density at radius 2 is 1.96 bits per heavy atom. The van der Waals surface area contributed by atoms with Gasteiger partial charge in [-0.1, -0.05) is 6.08 Å². The van der Waals surface area contributed by atoms with Gasteiger partial charge in [-0.15, -0.1) is 11.3 Å². The van der Waals surface area contributed by atoms with Crippen molar-refractivity contribution in [2.24, 2.45) is 5.92 Å². The predicted octanol–water partition coefficient (Wildman–Crippen LogP) is 4.00. The molecule has 5 heteroatoms. The molecule has 3 aliphatic rings. The molecule has 25 heavy (non-hydrogen) atoms. The Bertz CT molecular complexity index is 708. The van der Waals surface area contributed by atoms with Crippen molar-refractivity contribution in [1.29, 1.82) is 0 Å². The van der Waals surface area contributed by atoms with Crippen LogP contribution in [0.4, 0.5) is 0 Å². The van der Waals surface area contributed by atoms with Crippen molar-refractivity contribution in [2.75, 3.05) is 19.6 Å². The standard InChI is InChI=1S/C20H26N2O2S/c1-14(23)21-10-8-16(12-21)19-11-17(13-25-19)20(24)22-9-4-6-15-5-2-3-7-18(15)22/h7,11,13,15-16H,2-6,8-10,12H2,1H3. The summed E-state index contributed by atoms with van der Waals surface area (Å²) in [5, 5.41) is 2.01. The van der Waals surface area contributed by atoms with Crippen LogP contribution in [0.3, 0.4) is 0 Å². The van der Waals surface area contributed by atoms with Gasteiger partial charge in [-0.25, -0.2) is 0 Å². The van der Waals surface area contributed by atoms with Gasteiger partial charge in [-0.2, -0.15) is 0 Å². The number of thiophene rings is 1. The lowest BCUT2D eigenvalue weighted by Gasteiger charge is -2.37. The molecule has 1 aromatic rings. The molecule has 2 atom stereocenters. The van der Waals surface area contributed by atoms with E-state index in [1.54, 1.807) is 18.3 Å². The number of likely N-dealkylation sites (tertiary alicyclic amines) is 2. The van der Waals surface area contributed by atoms with Gasteiger partial charge in [0.2, 0.25) is 5.91 Å². The van der Waals surface area contributed by atoms with Crippen molar-refractivity contribution in [2.45, 2.75) is 51.4 Å². The summed E-state index contributed by atoms with van der Waals surface area (Å²) in [5.74, 6) is 1.29. The maximum absolute atomic E-state index is 13.1. The average molecular weight is 359 g/mol. The number of piperidine rings is 1. The Morgan fingerprint density at radius 1 is 1.12 bits per heavy atom. The van der Waals surface area contributed by atoms with Gasteiger partial charge in [0.05, 0.1) is 5.56 Å². The predicted molar refractivity (Wildman–Crippen MR) is 99.6 cm³/mol. The Kier molecular flexibility index (Phi) is 4.67. The molecule has 1 aromatic heterocycles. The minimum absolute atomic E-state index is 0.152. The van der Waals surface area contributed by atoms with Crippen molar-refractivity contribution in [3.05, 3.63) is 33.7 Å². The average Bonchev–Trinajstić information content (AvgIpc) is 3.30. The van der Waals surface area contributed by atoms with Crippen molar-refractivity contribution in [3.63, 3.8) is 0 Å². The van der Waals surface area contributed by atoms with Crippen LogP contribution in [0.1, 0.15) is 66.6 Å². The largest absolute Gasteiger partial charge is 0.342 e. The number of rotatable bonds is 2. The third-order valence-corrected chi connectivity index (χ3v) is 7.02. The minimum atomic E-state index is 0.152. The zero-order valence-electron chi connectivity index (χ0n) is 14.9. The maximum Gasteiger partial charge on any atom is 0.258 e. The lowest BCUT2D eigenvalue weighted by Crippen LogP contribution is -2.38. The topological polar surface area (TPSA) is 40.6 Å². The summed E-state index contributed by atoms with van der Waals surface area (Å²) in [6.07, 6.45) is 9.23. The van der Waals surface area contributed by atoms with Crippen LogP contribution in [0.2, 0.25) is 0 Å². The molecular formula is C20H26N2O2S. The van der Waals surface area contributed by atoms with Crippen LogP contribution < -0.4 is 0 Å². The van der Waals surface area contributed by atoms with Gasteiger partial charge >= 0.3 is 0 Å². The summed E-state index contributed by atoms with van der Waals surface area (Å²) in [4.78, 5) is 29.8. The van der Waals surface area contributed by atoms with Gasteiger partial charge in [0.15, 0.2) is 0 Å². The number of carbonyl (C=O) groups is 2. The quantitative estimate of drug-likeness (QED) is 0.802.